The molecule has 3 saturated heterocycles. The van der Waals surface area contributed by atoms with Gasteiger partial charge in [-0.2, -0.15) is 12.7 Å². The van der Waals surface area contributed by atoms with Gasteiger partial charge in [0, 0.05) is 99.3 Å². The van der Waals surface area contributed by atoms with E-state index in [-0.39, 0.29) is 55.3 Å². The first kappa shape index (κ1) is 48.1. The van der Waals surface area contributed by atoms with Gasteiger partial charge in [-0.3, -0.25) is 34.0 Å². The van der Waals surface area contributed by atoms with E-state index in [0.717, 1.165) is 66.6 Å². The van der Waals surface area contributed by atoms with Gasteiger partial charge in [0.15, 0.2) is 11.9 Å². The van der Waals surface area contributed by atoms with Crippen LogP contribution in [0.1, 0.15) is 72.9 Å². The molecule has 0 radical (unpaired) electrons. The van der Waals surface area contributed by atoms with Crippen LogP contribution in [0.2, 0.25) is 0 Å². The Labute approximate surface area is 385 Å². The predicted octanol–water partition coefficient (Wildman–Crippen LogP) is 4.59. The summed E-state index contributed by atoms with van der Waals surface area (Å²) in [7, 11) is -2.85. The number of imide groups is 1. The van der Waals surface area contributed by atoms with Crippen LogP contribution in [0.4, 0.5) is 20.3 Å². The van der Waals surface area contributed by atoms with E-state index in [4.69, 9.17) is 19.6 Å². The number of hydrogen-bond donors (Lipinski definition) is 5. The molecule has 5 aromatic rings. The highest BCUT2D eigenvalue weighted by molar-refractivity contribution is 7.90. The van der Waals surface area contributed by atoms with E-state index in [2.05, 4.69) is 30.2 Å². The molecule has 3 amide bonds. The van der Waals surface area contributed by atoms with E-state index in [1.165, 1.54) is 13.2 Å². The summed E-state index contributed by atoms with van der Waals surface area (Å²) in [5, 5.41) is 13.0. The van der Waals surface area contributed by atoms with Gasteiger partial charge in [-0.1, -0.05) is 19.1 Å². The van der Waals surface area contributed by atoms with Crippen molar-refractivity contribution in [1.82, 2.24) is 34.8 Å². The molecule has 0 aliphatic carbocycles. The molecular formula is C46H51F2N9O9S. The Kier molecular flexibility index (Phi) is 15.2. The molecule has 8 rings (SSSR count). The second kappa shape index (κ2) is 21.2. The Hall–Kier alpha value is -6.84. The number of nitrogens with one attached hydrogen (secondary N) is 4. The van der Waals surface area contributed by atoms with Crippen LogP contribution in [-0.2, 0) is 29.4 Å². The SMILES string of the molecule is CCN(C)S(=O)(=O)Nc1ccc(F)c(C(=O)c2c[nH]c3ncc(-c4ccc(N5CCC(NCC(=O)N6CCC(c7cccc(OC8CCC(=O)NC8=O)c7)CC6)CC5)nc4)cc23)c1F.O=CO. The monoisotopic (exact) mass is 943 g/mol. The number of carbonyl (C=O) groups is 5. The number of aromatic amines is 1. The number of benzene rings is 2. The topological polar surface area (TPSA) is 236 Å². The average Bonchev–Trinajstić information content (AvgIpc) is 3.76. The summed E-state index contributed by atoms with van der Waals surface area (Å²) in [4.78, 5) is 75.0. The van der Waals surface area contributed by atoms with Gasteiger partial charge in [0.1, 0.15) is 23.0 Å². The van der Waals surface area contributed by atoms with Gasteiger partial charge < -0.3 is 29.9 Å². The highest BCUT2D eigenvalue weighted by Gasteiger charge is 2.31. The number of anilines is 2. The molecule has 18 nitrogen and oxygen atoms in total. The van der Waals surface area contributed by atoms with Crippen LogP contribution in [0, 0.1) is 11.6 Å². The predicted molar refractivity (Wildman–Crippen MR) is 244 cm³/mol. The summed E-state index contributed by atoms with van der Waals surface area (Å²) in [6.45, 7) is 4.49. The fourth-order valence-electron chi connectivity index (χ4n) is 8.36. The van der Waals surface area contributed by atoms with E-state index in [0.29, 0.717) is 47.4 Å². The molecule has 354 valence electrons. The van der Waals surface area contributed by atoms with E-state index >= 15 is 8.78 Å². The molecule has 2 aromatic carbocycles. The highest BCUT2D eigenvalue weighted by Crippen LogP contribution is 2.33. The molecule has 3 fully saturated rings. The van der Waals surface area contributed by atoms with Crippen molar-refractivity contribution in [2.45, 2.75) is 63.5 Å². The number of fused-ring (bicyclic) bond motifs is 1. The number of carbonyl (C=O) groups excluding carboxylic acids is 4. The number of ketones is 1. The minimum absolute atomic E-state index is 0.0424. The van der Waals surface area contributed by atoms with Crippen LogP contribution in [0.25, 0.3) is 22.2 Å². The third kappa shape index (κ3) is 11.2. The van der Waals surface area contributed by atoms with Crippen LogP contribution in [-0.4, -0.2) is 126 Å². The number of rotatable bonds is 14. The first-order valence-electron chi connectivity index (χ1n) is 21.8. The largest absolute Gasteiger partial charge is 0.483 e. The van der Waals surface area contributed by atoms with Crippen molar-refractivity contribution in [3.05, 3.63) is 102 Å². The lowest BCUT2D eigenvalue weighted by Crippen LogP contribution is -2.48. The van der Waals surface area contributed by atoms with Crippen molar-refractivity contribution in [2.24, 2.45) is 0 Å². The first-order chi connectivity index (χ1) is 32.2. The molecule has 0 bridgehead atoms. The quantitative estimate of drug-likeness (QED) is 0.0583. The minimum Gasteiger partial charge on any atom is -0.483 e. The fourth-order valence-corrected chi connectivity index (χ4v) is 9.30. The Morgan fingerprint density at radius 2 is 1.70 bits per heavy atom. The van der Waals surface area contributed by atoms with Gasteiger partial charge in [-0.05, 0) is 79.6 Å². The van der Waals surface area contributed by atoms with Crippen LogP contribution >= 0.6 is 0 Å². The van der Waals surface area contributed by atoms with Crippen molar-refractivity contribution in [2.75, 3.05) is 55.9 Å². The number of aromatic nitrogens is 3. The lowest BCUT2D eigenvalue weighted by molar-refractivity contribution is -0.139. The third-order valence-corrected chi connectivity index (χ3v) is 13.8. The summed E-state index contributed by atoms with van der Waals surface area (Å²) >= 11 is 0. The number of halogens is 2. The number of hydrogen-bond acceptors (Lipinski definition) is 12. The van der Waals surface area contributed by atoms with Crippen molar-refractivity contribution in [3.63, 3.8) is 0 Å². The van der Waals surface area contributed by atoms with E-state index in [9.17, 15) is 27.6 Å². The second-order valence-electron chi connectivity index (χ2n) is 16.4. The maximum Gasteiger partial charge on any atom is 0.301 e. The lowest BCUT2D eigenvalue weighted by Gasteiger charge is -2.35. The van der Waals surface area contributed by atoms with Crippen molar-refractivity contribution in [3.8, 4) is 16.9 Å². The first-order valence-corrected chi connectivity index (χ1v) is 23.3. The average molecular weight is 944 g/mol. The van der Waals surface area contributed by atoms with Gasteiger partial charge in [-0.15, -0.1) is 0 Å². The molecule has 0 spiro atoms. The number of nitrogens with zero attached hydrogens (tertiary/aromatic N) is 5. The maximum atomic E-state index is 15.6. The highest BCUT2D eigenvalue weighted by atomic mass is 32.2. The molecule has 1 atom stereocenters. The molecule has 0 saturated carbocycles. The van der Waals surface area contributed by atoms with Gasteiger partial charge in [0.25, 0.3) is 12.4 Å². The van der Waals surface area contributed by atoms with Crippen molar-refractivity contribution >= 4 is 62.7 Å². The van der Waals surface area contributed by atoms with Crippen LogP contribution in [0.3, 0.4) is 0 Å². The zero-order valence-electron chi connectivity index (χ0n) is 36.8. The van der Waals surface area contributed by atoms with Gasteiger partial charge >= 0.3 is 10.2 Å². The smallest absolute Gasteiger partial charge is 0.301 e. The summed E-state index contributed by atoms with van der Waals surface area (Å²) in [6, 6.07) is 15.1. The third-order valence-electron chi connectivity index (χ3n) is 12.3. The zero-order chi connectivity index (χ0) is 47.8. The van der Waals surface area contributed by atoms with Gasteiger partial charge in [0.05, 0.1) is 17.8 Å². The van der Waals surface area contributed by atoms with Crippen LogP contribution in [0.15, 0.2) is 73.2 Å². The zero-order valence-corrected chi connectivity index (χ0v) is 37.7. The molecule has 6 heterocycles. The Balaban J connectivity index is 0.00000216. The number of likely N-dealkylation sites (tertiary alicyclic amines) is 1. The summed E-state index contributed by atoms with van der Waals surface area (Å²) in [5.41, 5.74) is 1.25. The molecular weight excluding hydrogens is 893 g/mol. The van der Waals surface area contributed by atoms with Crippen LogP contribution < -0.4 is 25.0 Å². The summed E-state index contributed by atoms with van der Waals surface area (Å²) in [5.74, 6) is -2.44. The number of amides is 3. The van der Waals surface area contributed by atoms with Crippen molar-refractivity contribution < 1.29 is 51.0 Å². The summed E-state index contributed by atoms with van der Waals surface area (Å²) in [6.07, 6.45) is 7.82. The van der Waals surface area contributed by atoms with E-state index < -0.39 is 50.9 Å². The number of piperidine rings is 3. The Morgan fingerprint density at radius 3 is 2.39 bits per heavy atom. The molecule has 3 aliphatic rings. The van der Waals surface area contributed by atoms with Crippen LogP contribution in [0.5, 0.6) is 5.75 Å². The second-order valence-corrected chi connectivity index (χ2v) is 18.2. The van der Waals surface area contributed by atoms with Gasteiger partial charge in [-0.25, -0.2) is 18.7 Å². The fraction of sp³-hybridized carbons (Fsp3) is 0.370. The van der Waals surface area contributed by atoms with E-state index in [1.54, 1.807) is 25.4 Å². The molecule has 21 heteroatoms. The summed E-state index contributed by atoms with van der Waals surface area (Å²) < 4.78 is 64.7. The standard InChI is InChI=1S/C45H49F2N9O7S.CH2O2/c1-3-54(2)64(61,62)53-36-9-8-35(46)41(42(36)47)43(59)34-25-51-44-33(34)22-30(24-50-44)29-7-11-38(49-23-29)55-19-15-31(16-20-55)48-26-40(58)56-17-13-27(14-18-56)28-5-4-6-32(21-28)63-37-10-12-39(57)52-45(37)60;2-1-3/h4-9,11,21-25,27,31,37,48,53H,3,10,12-20,26H2,1-2H3,(H,50,51)(H,52,57,60);1H,(H,2,3). The number of ether oxygens (including phenoxy) is 1. The maximum absolute atomic E-state index is 15.6. The lowest BCUT2D eigenvalue weighted by atomic mass is 9.89. The van der Waals surface area contributed by atoms with Gasteiger partial charge in [0.2, 0.25) is 17.6 Å². The Morgan fingerprint density at radius 1 is 0.970 bits per heavy atom. The molecule has 3 aliphatic heterocycles. The normalized spacial score (nSPS) is 17.2. The molecule has 1 unspecified atom stereocenters. The Bertz CT molecular complexity index is 2740. The number of H-pyrrole nitrogens is 1. The number of pyridine rings is 2. The van der Waals surface area contributed by atoms with Crippen molar-refractivity contribution in [1.29, 1.82) is 0 Å². The molecule has 3 aromatic heterocycles. The molecule has 5 N–H and O–H groups in total. The molecule has 67 heavy (non-hydrogen) atoms. The number of carboxylic acid groups (broad SMARTS) is 1. The van der Waals surface area contributed by atoms with E-state index in [1.807, 2.05) is 41.3 Å². The minimum atomic E-state index is -4.15.